The molecule has 0 N–H and O–H groups in total. The summed E-state index contributed by atoms with van der Waals surface area (Å²) in [5, 5.41) is 3.50. The first kappa shape index (κ1) is 10.5. The van der Waals surface area contributed by atoms with Gasteiger partial charge >= 0.3 is 0 Å². The highest BCUT2D eigenvalue weighted by atomic mass is 32.2. The monoisotopic (exact) mass is 231 g/mol. The summed E-state index contributed by atoms with van der Waals surface area (Å²) in [4.78, 5) is 0. The second-order valence-corrected chi connectivity index (χ2v) is 6.02. The fourth-order valence-corrected chi connectivity index (χ4v) is 3.48. The second kappa shape index (κ2) is 4.22. The van der Waals surface area contributed by atoms with Crippen molar-refractivity contribution in [2.75, 3.05) is 18.1 Å². The molecule has 5 nitrogen and oxygen atoms in total. The largest absolute Gasteiger partial charge is 0.488 e. The second-order valence-electron chi connectivity index (χ2n) is 3.79. The molecule has 2 rings (SSSR count). The summed E-state index contributed by atoms with van der Waals surface area (Å²) in [6.07, 6.45) is 4.51. The SMILES string of the molecule is O=S1(=O)CCCC(COc2cnoc2)C1. The summed E-state index contributed by atoms with van der Waals surface area (Å²) >= 11 is 0. The first-order chi connectivity index (χ1) is 7.16. The Labute approximate surface area is 88.3 Å². The minimum atomic E-state index is -2.84. The van der Waals surface area contributed by atoms with Crippen molar-refractivity contribution < 1.29 is 17.7 Å². The van der Waals surface area contributed by atoms with Crippen molar-refractivity contribution in [3.05, 3.63) is 12.5 Å². The maximum Gasteiger partial charge on any atom is 0.178 e. The number of rotatable bonds is 3. The zero-order valence-electron chi connectivity index (χ0n) is 8.26. The number of hydrogen-bond donors (Lipinski definition) is 0. The van der Waals surface area contributed by atoms with Gasteiger partial charge in [-0.15, -0.1) is 0 Å². The molecule has 1 aliphatic rings. The summed E-state index contributed by atoms with van der Waals surface area (Å²) in [5.41, 5.74) is 0. The van der Waals surface area contributed by atoms with E-state index in [9.17, 15) is 8.42 Å². The van der Waals surface area contributed by atoms with E-state index in [-0.39, 0.29) is 11.7 Å². The molecule has 0 aliphatic carbocycles. The van der Waals surface area contributed by atoms with Crippen LogP contribution in [0.1, 0.15) is 12.8 Å². The Morgan fingerprint density at radius 2 is 2.47 bits per heavy atom. The van der Waals surface area contributed by atoms with Gasteiger partial charge in [-0.05, 0) is 12.8 Å². The number of ether oxygens (including phenoxy) is 1. The molecule has 84 valence electrons. The van der Waals surface area contributed by atoms with Crippen molar-refractivity contribution >= 4 is 9.84 Å². The fourth-order valence-electron chi connectivity index (χ4n) is 1.73. The van der Waals surface area contributed by atoms with E-state index in [4.69, 9.17) is 4.74 Å². The number of aromatic nitrogens is 1. The van der Waals surface area contributed by atoms with Crippen LogP contribution < -0.4 is 4.74 Å². The Bertz CT molecular complexity index is 398. The molecule has 0 aromatic carbocycles. The smallest absolute Gasteiger partial charge is 0.178 e. The first-order valence-electron chi connectivity index (χ1n) is 4.88. The Morgan fingerprint density at radius 1 is 1.60 bits per heavy atom. The molecule has 1 fully saturated rings. The van der Waals surface area contributed by atoms with E-state index < -0.39 is 9.84 Å². The molecule has 2 heterocycles. The zero-order chi connectivity index (χ0) is 10.7. The maximum atomic E-state index is 11.3. The third-order valence-corrected chi connectivity index (χ3v) is 4.34. The van der Waals surface area contributed by atoms with Crippen molar-refractivity contribution in [3.63, 3.8) is 0 Å². The highest BCUT2D eigenvalue weighted by molar-refractivity contribution is 7.91. The maximum absolute atomic E-state index is 11.3. The molecule has 1 atom stereocenters. The quantitative estimate of drug-likeness (QED) is 0.772. The van der Waals surface area contributed by atoms with Crippen LogP contribution in [0.2, 0.25) is 0 Å². The number of hydrogen-bond acceptors (Lipinski definition) is 5. The average molecular weight is 231 g/mol. The Balaban J connectivity index is 1.85. The van der Waals surface area contributed by atoms with E-state index in [0.29, 0.717) is 18.1 Å². The van der Waals surface area contributed by atoms with E-state index in [2.05, 4.69) is 9.68 Å². The highest BCUT2D eigenvalue weighted by Gasteiger charge is 2.25. The molecule has 1 saturated heterocycles. The van der Waals surface area contributed by atoms with Crippen LogP contribution in [0.4, 0.5) is 0 Å². The van der Waals surface area contributed by atoms with Gasteiger partial charge in [-0.2, -0.15) is 0 Å². The normalized spacial score (nSPS) is 24.9. The van der Waals surface area contributed by atoms with Gasteiger partial charge in [0, 0.05) is 5.92 Å². The minimum Gasteiger partial charge on any atom is -0.488 e. The summed E-state index contributed by atoms with van der Waals surface area (Å²) in [7, 11) is -2.84. The number of nitrogens with zero attached hydrogens (tertiary/aromatic N) is 1. The number of sulfone groups is 1. The molecule has 15 heavy (non-hydrogen) atoms. The van der Waals surface area contributed by atoms with E-state index in [1.165, 1.54) is 12.5 Å². The lowest BCUT2D eigenvalue weighted by Crippen LogP contribution is -2.29. The van der Waals surface area contributed by atoms with Crippen LogP contribution in [-0.4, -0.2) is 31.7 Å². The van der Waals surface area contributed by atoms with E-state index >= 15 is 0 Å². The van der Waals surface area contributed by atoms with Crippen LogP contribution >= 0.6 is 0 Å². The van der Waals surface area contributed by atoms with Crippen molar-refractivity contribution in [1.82, 2.24) is 5.16 Å². The minimum absolute atomic E-state index is 0.0960. The van der Waals surface area contributed by atoms with E-state index in [0.717, 1.165) is 12.8 Å². The van der Waals surface area contributed by atoms with Crippen LogP contribution in [-0.2, 0) is 9.84 Å². The Kier molecular flexibility index (Phi) is 2.95. The lowest BCUT2D eigenvalue weighted by atomic mass is 10.1. The molecule has 6 heteroatoms. The fraction of sp³-hybridized carbons (Fsp3) is 0.667. The van der Waals surface area contributed by atoms with E-state index in [1.54, 1.807) is 0 Å². The predicted molar refractivity (Wildman–Crippen MR) is 53.4 cm³/mol. The lowest BCUT2D eigenvalue weighted by molar-refractivity contribution is 0.247. The third-order valence-electron chi connectivity index (χ3n) is 2.45. The molecule has 1 aliphatic heterocycles. The first-order valence-corrected chi connectivity index (χ1v) is 6.70. The van der Waals surface area contributed by atoms with E-state index in [1.807, 2.05) is 0 Å². The lowest BCUT2D eigenvalue weighted by Gasteiger charge is -2.21. The van der Waals surface area contributed by atoms with Crippen molar-refractivity contribution in [2.24, 2.45) is 5.92 Å². The van der Waals surface area contributed by atoms with Crippen LogP contribution in [0.25, 0.3) is 0 Å². The summed E-state index contributed by atoms with van der Waals surface area (Å²) in [6.45, 7) is 0.417. The molecule has 0 bridgehead atoms. The van der Waals surface area contributed by atoms with Gasteiger partial charge in [0.05, 0.1) is 18.1 Å². The molecular weight excluding hydrogens is 218 g/mol. The topological polar surface area (TPSA) is 69.4 Å². The molecule has 0 radical (unpaired) electrons. The molecule has 0 saturated carbocycles. The molecule has 1 aromatic rings. The third kappa shape index (κ3) is 2.95. The molecule has 0 spiro atoms. The average Bonchev–Trinajstić information content (AvgIpc) is 2.65. The zero-order valence-corrected chi connectivity index (χ0v) is 9.07. The standard InChI is InChI=1S/C9H13NO4S/c11-15(12)3-1-2-8(7-15)5-13-9-4-10-14-6-9/h4,6,8H,1-3,5,7H2. The van der Waals surface area contributed by atoms with Gasteiger partial charge in [-0.3, -0.25) is 0 Å². The Hall–Kier alpha value is -1.04. The summed E-state index contributed by atoms with van der Waals surface area (Å²) < 4.78 is 32.6. The van der Waals surface area contributed by atoms with Crippen molar-refractivity contribution in [2.45, 2.75) is 12.8 Å². The highest BCUT2D eigenvalue weighted by Crippen LogP contribution is 2.19. The van der Waals surface area contributed by atoms with Crippen molar-refractivity contribution in [1.29, 1.82) is 0 Å². The van der Waals surface area contributed by atoms with Crippen LogP contribution in [0, 0.1) is 5.92 Å². The van der Waals surface area contributed by atoms with Gasteiger partial charge in [-0.25, -0.2) is 8.42 Å². The van der Waals surface area contributed by atoms with Crippen LogP contribution in [0.15, 0.2) is 17.0 Å². The van der Waals surface area contributed by atoms with Gasteiger partial charge in [0.25, 0.3) is 0 Å². The van der Waals surface area contributed by atoms with Crippen molar-refractivity contribution in [3.8, 4) is 5.75 Å². The van der Waals surface area contributed by atoms with Gasteiger partial charge in [0.1, 0.15) is 6.20 Å². The molecular formula is C9H13NO4S. The summed E-state index contributed by atoms with van der Waals surface area (Å²) in [5.74, 6) is 1.20. The van der Waals surface area contributed by atoms with Crippen LogP contribution in [0.3, 0.4) is 0 Å². The molecule has 1 unspecified atom stereocenters. The molecule has 0 amide bonds. The Morgan fingerprint density at radius 3 is 3.13 bits per heavy atom. The van der Waals surface area contributed by atoms with Gasteiger partial charge in [0.2, 0.25) is 0 Å². The summed E-state index contributed by atoms with van der Waals surface area (Å²) in [6, 6.07) is 0. The van der Waals surface area contributed by atoms with Gasteiger partial charge < -0.3 is 9.26 Å². The van der Waals surface area contributed by atoms with Crippen LogP contribution in [0.5, 0.6) is 5.75 Å². The predicted octanol–water partition coefficient (Wildman–Crippen LogP) is 0.878. The van der Waals surface area contributed by atoms with Gasteiger partial charge in [0.15, 0.2) is 21.8 Å². The molecule has 1 aromatic heterocycles. The van der Waals surface area contributed by atoms with Gasteiger partial charge in [-0.1, -0.05) is 5.16 Å².